The molecule has 3 rings (SSSR count). The molecule has 2 heterocycles. The van der Waals surface area contributed by atoms with E-state index >= 15 is 0 Å². The summed E-state index contributed by atoms with van der Waals surface area (Å²) in [6, 6.07) is 7.36. The molecule has 0 saturated carbocycles. The number of hydrogen-bond donors (Lipinski definition) is 1. The summed E-state index contributed by atoms with van der Waals surface area (Å²) >= 11 is 7.43. The average molecular weight is 522 g/mol. The van der Waals surface area contributed by atoms with Crippen molar-refractivity contribution in [3.8, 4) is 0 Å². The fraction of sp³-hybridized carbons (Fsp3) is 0.520. The first-order chi connectivity index (χ1) is 16.9. The molecule has 1 aliphatic heterocycles. The largest absolute Gasteiger partial charge is 0.353 e. The zero-order valence-electron chi connectivity index (χ0n) is 20.3. The summed E-state index contributed by atoms with van der Waals surface area (Å²) in [6.07, 6.45) is 6.27. The summed E-state index contributed by atoms with van der Waals surface area (Å²) in [5.41, 5.74) is 0.520. The Morgan fingerprint density at radius 1 is 1.14 bits per heavy atom. The topological polar surface area (TPSA) is 78.4 Å². The molecule has 1 fully saturated rings. The van der Waals surface area contributed by atoms with Crippen LogP contribution >= 0.6 is 23.4 Å². The quantitative estimate of drug-likeness (QED) is 0.185. The second kappa shape index (κ2) is 13.6. The molecule has 35 heavy (non-hydrogen) atoms. The standard InChI is InChI=1S/C25H33ClFN5O2S/c1-3-4-5-6-7-8-24(34)32-14-13-31(16-18(32)2)22-15-21(26)29-25(30-22)35-17-23(33)28-20-11-9-19(27)10-12-20/h9-12,15,18H,3-8,13-14,16-17H2,1-2H3,(H,28,33). The first-order valence-electron chi connectivity index (χ1n) is 12.1. The summed E-state index contributed by atoms with van der Waals surface area (Å²) in [6.45, 7) is 6.20. The smallest absolute Gasteiger partial charge is 0.234 e. The molecule has 1 aromatic carbocycles. The molecule has 7 nitrogen and oxygen atoms in total. The molecule has 2 amide bonds. The van der Waals surface area contributed by atoms with Crippen LogP contribution in [0.5, 0.6) is 0 Å². The molecule has 2 aromatic rings. The number of carbonyl (C=O) groups excluding carboxylic acids is 2. The van der Waals surface area contributed by atoms with Crippen molar-refractivity contribution in [3.63, 3.8) is 0 Å². The molecule has 1 atom stereocenters. The lowest BCUT2D eigenvalue weighted by Crippen LogP contribution is -2.54. The molecular weight excluding hydrogens is 489 g/mol. The van der Waals surface area contributed by atoms with Gasteiger partial charge in [0.1, 0.15) is 16.8 Å². The van der Waals surface area contributed by atoms with Crippen LogP contribution in [0, 0.1) is 5.82 Å². The average Bonchev–Trinajstić information content (AvgIpc) is 2.83. The van der Waals surface area contributed by atoms with E-state index in [1.165, 1.54) is 55.3 Å². The third-order valence-corrected chi connectivity index (χ3v) is 6.93. The highest BCUT2D eigenvalue weighted by atomic mass is 35.5. The molecule has 0 spiro atoms. The third-order valence-electron chi connectivity index (χ3n) is 5.89. The van der Waals surface area contributed by atoms with E-state index in [0.717, 1.165) is 12.8 Å². The number of nitrogens with zero attached hydrogens (tertiary/aromatic N) is 4. The Kier molecular flexibility index (Phi) is 10.6. The van der Waals surface area contributed by atoms with E-state index < -0.39 is 0 Å². The Labute approximate surface area is 215 Å². The van der Waals surface area contributed by atoms with Gasteiger partial charge < -0.3 is 15.1 Å². The Bertz CT molecular complexity index is 994. The van der Waals surface area contributed by atoms with Crippen molar-refractivity contribution >= 4 is 46.7 Å². The van der Waals surface area contributed by atoms with Crippen LogP contribution in [0.25, 0.3) is 0 Å². The minimum Gasteiger partial charge on any atom is -0.353 e. The van der Waals surface area contributed by atoms with Crippen molar-refractivity contribution in [1.82, 2.24) is 14.9 Å². The maximum Gasteiger partial charge on any atom is 0.234 e. The SMILES string of the molecule is CCCCCCCC(=O)N1CCN(c2cc(Cl)nc(SCC(=O)Nc3ccc(F)cc3)n2)CC1C. The lowest BCUT2D eigenvalue weighted by atomic mass is 10.1. The fourth-order valence-corrected chi connectivity index (χ4v) is 4.91. The highest BCUT2D eigenvalue weighted by Crippen LogP contribution is 2.25. The van der Waals surface area contributed by atoms with Gasteiger partial charge in [-0.15, -0.1) is 0 Å². The Balaban J connectivity index is 1.51. The summed E-state index contributed by atoms with van der Waals surface area (Å²) in [4.78, 5) is 37.8. The minimum atomic E-state index is -0.362. The number of nitrogens with one attached hydrogen (secondary N) is 1. The minimum absolute atomic E-state index is 0.0678. The van der Waals surface area contributed by atoms with Crippen molar-refractivity contribution in [3.05, 3.63) is 41.3 Å². The number of halogens is 2. The molecule has 0 aliphatic carbocycles. The van der Waals surface area contributed by atoms with E-state index in [2.05, 4.69) is 34.0 Å². The number of anilines is 2. The molecule has 0 radical (unpaired) electrons. The molecule has 1 aliphatic rings. The van der Waals surface area contributed by atoms with Crippen molar-refractivity contribution in [2.75, 3.05) is 35.6 Å². The predicted octanol–water partition coefficient (Wildman–Crippen LogP) is 5.40. The van der Waals surface area contributed by atoms with Gasteiger partial charge in [-0.3, -0.25) is 9.59 Å². The van der Waals surface area contributed by atoms with Crippen LogP contribution in [-0.4, -0.2) is 58.1 Å². The molecule has 1 N–H and O–H groups in total. The monoisotopic (exact) mass is 521 g/mol. The van der Waals surface area contributed by atoms with Crippen LogP contribution in [0.2, 0.25) is 5.15 Å². The third kappa shape index (κ3) is 8.65. The number of hydrogen-bond acceptors (Lipinski definition) is 6. The van der Waals surface area contributed by atoms with E-state index in [9.17, 15) is 14.0 Å². The molecule has 1 saturated heterocycles. The zero-order valence-corrected chi connectivity index (χ0v) is 21.9. The van der Waals surface area contributed by atoms with E-state index in [0.29, 0.717) is 47.9 Å². The summed E-state index contributed by atoms with van der Waals surface area (Å²) in [5, 5.41) is 3.42. The van der Waals surface area contributed by atoms with E-state index in [1.807, 2.05) is 4.90 Å². The second-order valence-corrected chi connectivity index (χ2v) is 10.1. The molecule has 10 heteroatoms. The Hall–Kier alpha value is -2.39. The summed E-state index contributed by atoms with van der Waals surface area (Å²) in [7, 11) is 0. The van der Waals surface area contributed by atoms with E-state index in [-0.39, 0.29) is 29.4 Å². The normalized spacial score (nSPS) is 15.8. The number of carbonyl (C=O) groups is 2. The van der Waals surface area contributed by atoms with Gasteiger partial charge in [-0.05, 0) is 37.6 Å². The van der Waals surface area contributed by atoms with Gasteiger partial charge >= 0.3 is 0 Å². The zero-order chi connectivity index (χ0) is 25.2. The van der Waals surface area contributed by atoms with Crippen molar-refractivity contribution < 1.29 is 14.0 Å². The number of rotatable bonds is 11. The van der Waals surface area contributed by atoms with E-state index in [4.69, 9.17) is 11.6 Å². The number of aromatic nitrogens is 2. The van der Waals surface area contributed by atoms with Crippen LogP contribution in [0.15, 0.2) is 35.5 Å². The molecular formula is C25H33ClFN5O2S. The molecule has 1 unspecified atom stereocenters. The molecule has 190 valence electrons. The van der Waals surface area contributed by atoms with Crippen LogP contribution in [0.1, 0.15) is 52.4 Å². The fourth-order valence-electron chi connectivity index (χ4n) is 4.03. The van der Waals surface area contributed by atoms with Gasteiger partial charge in [0.05, 0.1) is 5.75 Å². The number of amides is 2. The summed E-state index contributed by atoms with van der Waals surface area (Å²) < 4.78 is 13.0. The number of unbranched alkanes of at least 4 members (excludes halogenated alkanes) is 4. The van der Waals surface area contributed by atoms with Crippen LogP contribution < -0.4 is 10.2 Å². The highest BCUT2D eigenvalue weighted by Gasteiger charge is 2.28. The second-order valence-electron chi connectivity index (χ2n) is 8.72. The Morgan fingerprint density at radius 3 is 2.60 bits per heavy atom. The first kappa shape index (κ1) is 27.2. The number of piperazine rings is 1. The van der Waals surface area contributed by atoms with Gasteiger partial charge in [0.25, 0.3) is 0 Å². The summed E-state index contributed by atoms with van der Waals surface area (Å²) in [5.74, 6) is 0.387. The van der Waals surface area contributed by atoms with Crippen molar-refractivity contribution in [2.24, 2.45) is 0 Å². The van der Waals surface area contributed by atoms with Crippen molar-refractivity contribution in [2.45, 2.75) is 63.6 Å². The van der Waals surface area contributed by atoms with Gasteiger partial charge in [-0.2, -0.15) is 0 Å². The van der Waals surface area contributed by atoms with E-state index in [1.54, 1.807) is 6.07 Å². The number of thioether (sulfide) groups is 1. The van der Waals surface area contributed by atoms with Crippen LogP contribution in [-0.2, 0) is 9.59 Å². The Morgan fingerprint density at radius 2 is 1.89 bits per heavy atom. The van der Waals surface area contributed by atoms with Crippen LogP contribution in [0.3, 0.4) is 0 Å². The maximum absolute atomic E-state index is 13.0. The van der Waals surface area contributed by atoms with Gasteiger partial charge in [-0.1, -0.05) is 56.0 Å². The molecule has 1 aromatic heterocycles. The number of benzene rings is 1. The first-order valence-corrected chi connectivity index (χ1v) is 13.5. The van der Waals surface area contributed by atoms with Gasteiger partial charge in [0.2, 0.25) is 11.8 Å². The lowest BCUT2D eigenvalue weighted by molar-refractivity contribution is -0.133. The predicted molar refractivity (Wildman–Crippen MR) is 140 cm³/mol. The van der Waals surface area contributed by atoms with Gasteiger partial charge in [-0.25, -0.2) is 14.4 Å². The van der Waals surface area contributed by atoms with Crippen molar-refractivity contribution in [1.29, 1.82) is 0 Å². The van der Waals surface area contributed by atoms with Crippen LogP contribution in [0.4, 0.5) is 15.9 Å². The van der Waals surface area contributed by atoms with Gasteiger partial charge in [0, 0.05) is 43.9 Å². The maximum atomic E-state index is 13.0. The van der Waals surface area contributed by atoms with Gasteiger partial charge in [0.15, 0.2) is 5.16 Å². The molecule has 0 bridgehead atoms. The lowest BCUT2D eigenvalue weighted by Gasteiger charge is -2.40. The highest BCUT2D eigenvalue weighted by molar-refractivity contribution is 7.99.